The van der Waals surface area contributed by atoms with Crippen LogP contribution in [0.4, 0.5) is 13.2 Å². The molecular formula is C18H16ClF3N2O5. The highest BCUT2D eigenvalue weighted by atomic mass is 35.5. The summed E-state index contributed by atoms with van der Waals surface area (Å²) < 4.78 is 50.6. The molecule has 0 aliphatic rings. The van der Waals surface area contributed by atoms with Gasteiger partial charge in [0.1, 0.15) is 5.75 Å². The van der Waals surface area contributed by atoms with Gasteiger partial charge in [-0.2, -0.15) is 0 Å². The molecule has 0 saturated heterocycles. The van der Waals surface area contributed by atoms with Gasteiger partial charge in [-0.25, -0.2) is 0 Å². The number of nitrogens with two attached hydrogens (primary N) is 1. The topological polar surface area (TPSA) is 99.9 Å². The number of primary amides is 1. The number of rotatable bonds is 8. The first-order valence-electron chi connectivity index (χ1n) is 8.00. The highest BCUT2D eigenvalue weighted by Gasteiger charge is 2.30. The zero-order valence-electron chi connectivity index (χ0n) is 15.0. The molecule has 2 amide bonds. The third-order valence-corrected chi connectivity index (χ3v) is 3.74. The fourth-order valence-electron chi connectivity index (χ4n) is 2.23. The number of ether oxygens (including phenoxy) is 3. The summed E-state index contributed by atoms with van der Waals surface area (Å²) >= 11 is 6.09. The molecule has 7 nitrogen and oxygen atoms in total. The summed E-state index contributed by atoms with van der Waals surface area (Å²) in [6.45, 7) is -0.374. The van der Waals surface area contributed by atoms with Gasteiger partial charge in [0.2, 0.25) is 0 Å². The molecular weight excluding hydrogens is 417 g/mol. The minimum absolute atomic E-state index is 0.0319. The van der Waals surface area contributed by atoms with Gasteiger partial charge in [-0.1, -0.05) is 23.7 Å². The van der Waals surface area contributed by atoms with Gasteiger partial charge in [0.15, 0.2) is 18.1 Å². The Balaban J connectivity index is 2.05. The van der Waals surface area contributed by atoms with Crippen molar-refractivity contribution in [1.82, 2.24) is 5.32 Å². The molecule has 0 spiro atoms. The van der Waals surface area contributed by atoms with Crippen LogP contribution in [-0.4, -0.2) is 31.9 Å². The van der Waals surface area contributed by atoms with Crippen LogP contribution < -0.4 is 25.3 Å². The van der Waals surface area contributed by atoms with Gasteiger partial charge in [-0.15, -0.1) is 13.2 Å². The molecule has 2 aromatic rings. The Morgan fingerprint density at radius 1 is 1.17 bits per heavy atom. The number of benzene rings is 2. The summed E-state index contributed by atoms with van der Waals surface area (Å²) in [5.74, 6) is -1.41. The maximum Gasteiger partial charge on any atom is 0.573 e. The second-order valence-electron chi connectivity index (χ2n) is 5.62. The molecule has 11 heteroatoms. The van der Waals surface area contributed by atoms with Crippen LogP contribution in [0.5, 0.6) is 17.2 Å². The fraction of sp³-hybridized carbons (Fsp3) is 0.222. The summed E-state index contributed by atoms with van der Waals surface area (Å²) in [5.41, 5.74) is 5.72. The number of hydrogen-bond donors (Lipinski definition) is 2. The van der Waals surface area contributed by atoms with Gasteiger partial charge in [-0.05, 0) is 29.8 Å². The standard InChI is InChI=1S/C18H16ClF3N2O5/c1-27-14-7-11(6-13(19)16(14)28-9-15(23)25)17(26)24-8-10-2-4-12(5-3-10)29-18(20,21)22/h2-7H,8-9H2,1H3,(H2,23,25)(H,24,26). The van der Waals surface area contributed by atoms with Crippen molar-refractivity contribution >= 4 is 23.4 Å². The summed E-state index contributed by atoms with van der Waals surface area (Å²) in [5, 5.41) is 2.63. The maximum atomic E-state index is 12.4. The van der Waals surface area contributed by atoms with Gasteiger partial charge < -0.3 is 25.3 Å². The van der Waals surface area contributed by atoms with E-state index in [0.717, 1.165) is 12.1 Å². The molecule has 2 rings (SSSR count). The van der Waals surface area contributed by atoms with Gasteiger partial charge in [0.05, 0.1) is 12.1 Å². The number of amides is 2. The highest BCUT2D eigenvalue weighted by Crippen LogP contribution is 2.36. The van der Waals surface area contributed by atoms with E-state index in [9.17, 15) is 22.8 Å². The first-order chi connectivity index (χ1) is 13.6. The van der Waals surface area contributed by atoms with E-state index in [1.807, 2.05) is 0 Å². The average molecular weight is 433 g/mol. The lowest BCUT2D eigenvalue weighted by atomic mass is 10.1. The zero-order chi connectivity index (χ0) is 21.6. The van der Waals surface area contributed by atoms with Crippen LogP contribution >= 0.6 is 11.6 Å². The smallest absolute Gasteiger partial charge is 0.493 e. The molecule has 3 N–H and O–H groups in total. The third kappa shape index (κ3) is 6.75. The van der Waals surface area contributed by atoms with Crippen LogP contribution in [0.15, 0.2) is 36.4 Å². The Morgan fingerprint density at radius 3 is 2.38 bits per heavy atom. The second-order valence-corrected chi connectivity index (χ2v) is 6.03. The average Bonchev–Trinajstić information content (AvgIpc) is 2.64. The lowest BCUT2D eigenvalue weighted by Gasteiger charge is -2.13. The number of methoxy groups -OCH3 is 1. The number of alkyl halides is 3. The Labute approximate surface area is 168 Å². The van der Waals surface area contributed by atoms with Crippen molar-refractivity contribution in [2.75, 3.05) is 13.7 Å². The van der Waals surface area contributed by atoms with E-state index in [1.165, 1.54) is 31.4 Å². The molecule has 0 unspecified atom stereocenters. The summed E-state index contributed by atoms with van der Waals surface area (Å²) in [6.07, 6.45) is -4.78. The Bertz CT molecular complexity index is 888. The molecule has 0 aromatic heterocycles. The van der Waals surface area contributed by atoms with Crippen molar-refractivity contribution in [3.8, 4) is 17.2 Å². The van der Waals surface area contributed by atoms with E-state index in [4.69, 9.17) is 26.8 Å². The molecule has 156 valence electrons. The molecule has 0 atom stereocenters. The van der Waals surface area contributed by atoms with E-state index in [-0.39, 0.29) is 34.4 Å². The van der Waals surface area contributed by atoms with Crippen LogP contribution in [0.1, 0.15) is 15.9 Å². The zero-order valence-corrected chi connectivity index (χ0v) is 15.8. The van der Waals surface area contributed by atoms with Gasteiger partial charge >= 0.3 is 6.36 Å². The molecule has 0 saturated carbocycles. The molecule has 2 aromatic carbocycles. The molecule has 0 bridgehead atoms. The monoisotopic (exact) mass is 432 g/mol. The molecule has 29 heavy (non-hydrogen) atoms. The molecule has 0 aliphatic carbocycles. The first kappa shape index (κ1) is 22.2. The second kappa shape index (κ2) is 9.37. The molecule has 0 fully saturated rings. The Hall–Kier alpha value is -3.14. The molecule has 0 aliphatic heterocycles. The van der Waals surface area contributed by atoms with E-state index >= 15 is 0 Å². The minimum atomic E-state index is -4.78. The number of carbonyl (C=O) groups is 2. The number of carbonyl (C=O) groups excluding carboxylic acids is 2. The van der Waals surface area contributed by atoms with Crippen molar-refractivity contribution in [3.05, 3.63) is 52.5 Å². The lowest BCUT2D eigenvalue weighted by molar-refractivity contribution is -0.274. The van der Waals surface area contributed by atoms with E-state index in [0.29, 0.717) is 5.56 Å². The van der Waals surface area contributed by atoms with Crippen molar-refractivity contribution < 1.29 is 37.0 Å². The van der Waals surface area contributed by atoms with Crippen LogP contribution in [0.25, 0.3) is 0 Å². The van der Waals surface area contributed by atoms with Gasteiger partial charge in [0.25, 0.3) is 11.8 Å². The number of hydrogen-bond acceptors (Lipinski definition) is 5. The van der Waals surface area contributed by atoms with E-state index < -0.39 is 24.8 Å². The van der Waals surface area contributed by atoms with Crippen molar-refractivity contribution in [1.29, 1.82) is 0 Å². The predicted octanol–water partition coefficient (Wildman–Crippen LogP) is 3.04. The van der Waals surface area contributed by atoms with Crippen LogP contribution in [0.2, 0.25) is 5.02 Å². The summed E-state index contributed by atoms with van der Waals surface area (Å²) in [7, 11) is 1.33. The van der Waals surface area contributed by atoms with Gasteiger partial charge in [0, 0.05) is 12.1 Å². The summed E-state index contributed by atoms with van der Waals surface area (Å²) in [6, 6.07) is 7.72. The normalized spacial score (nSPS) is 10.9. The Kier molecular flexibility index (Phi) is 7.16. The summed E-state index contributed by atoms with van der Waals surface area (Å²) in [4.78, 5) is 23.2. The van der Waals surface area contributed by atoms with Crippen LogP contribution in [-0.2, 0) is 11.3 Å². The molecule has 0 heterocycles. The minimum Gasteiger partial charge on any atom is -0.493 e. The van der Waals surface area contributed by atoms with E-state index in [2.05, 4.69) is 10.1 Å². The van der Waals surface area contributed by atoms with Gasteiger partial charge in [-0.3, -0.25) is 9.59 Å². The fourth-order valence-corrected chi connectivity index (χ4v) is 2.49. The number of nitrogens with one attached hydrogen (secondary N) is 1. The SMILES string of the molecule is COc1cc(C(=O)NCc2ccc(OC(F)(F)F)cc2)cc(Cl)c1OCC(N)=O. The third-order valence-electron chi connectivity index (χ3n) is 3.46. The maximum absolute atomic E-state index is 12.4. The van der Waals surface area contributed by atoms with Crippen LogP contribution in [0, 0.1) is 0 Å². The quantitative estimate of drug-likeness (QED) is 0.668. The van der Waals surface area contributed by atoms with Crippen LogP contribution in [0.3, 0.4) is 0 Å². The van der Waals surface area contributed by atoms with E-state index in [1.54, 1.807) is 0 Å². The largest absolute Gasteiger partial charge is 0.573 e. The molecule has 0 radical (unpaired) electrons. The Morgan fingerprint density at radius 2 is 1.83 bits per heavy atom. The lowest BCUT2D eigenvalue weighted by Crippen LogP contribution is -2.23. The van der Waals surface area contributed by atoms with Crippen molar-refractivity contribution in [3.63, 3.8) is 0 Å². The predicted molar refractivity (Wildman–Crippen MR) is 97.0 cm³/mol. The highest BCUT2D eigenvalue weighted by molar-refractivity contribution is 6.32. The van der Waals surface area contributed by atoms with Crippen molar-refractivity contribution in [2.24, 2.45) is 5.73 Å². The number of halogens is 4. The van der Waals surface area contributed by atoms with Crippen molar-refractivity contribution in [2.45, 2.75) is 12.9 Å². The first-order valence-corrected chi connectivity index (χ1v) is 8.38.